The van der Waals surface area contributed by atoms with E-state index in [9.17, 15) is 4.79 Å². The van der Waals surface area contributed by atoms with Gasteiger partial charge in [0.15, 0.2) is 0 Å². The highest BCUT2D eigenvalue weighted by Crippen LogP contribution is 2.23. The van der Waals surface area contributed by atoms with Gasteiger partial charge in [0.05, 0.1) is 6.54 Å². The van der Waals surface area contributed by atoms with Crippen LogP contribution in [0, 0.1) is 12.3 Å². The van der Waals surface area contributed by atoms with Gasteiger partial charge < -0.3 is 4.90 Å². The summed E-state index contributed by atoms with van der Waals surface area (Å²) in [7, 11) is 0. The van der Waals surface area contributed by atoms with Crippen LogP contribution >= 0.6 is 11.8 Å². The number of rotatable bonds is 6. The van der Waals surface area contributed by atoms with Crippen molar-refractivity contribution in [1.29, 1.82) is 0 Å². The molecule has 0 spiro atoms. The van der Waals surface area contributed by atoms with Crippen molar-refractivity contribution >= 4 is 23.7 Å². The molecule has 0 N–H and O–H groups in total. The highest BCUT2D eigenvalue weighted by Gasteiger charge is 2.04. The maximum Gasteiger partial charge on any atom is 0.220 e. The molecule has 1 aromatic carbocycles. The van der Waals surface area contributed by atoms with E-state index in [4.69, 9.17) is 6.42 Å². The van der Waals surface area contributed by atoms with E-state index in [1.165, 1.54) is 17.4 Å². The average molecular weight is 273 g/mol. The third-order valence-electron chi connectivity index (χ3n) is 2.57. The summed E-state index contributed by atoms with van der Waals surface area (Å²) in [5.41, 5.74) is 1.18. The molecule has 0 aliphatic rings. The van der Waals surface area contributed by atoms with Crippen molar-refractivity contribution in [2.75, 3.05) is 18.8 Å². The molecule has 3 heteroatoms. The van der Waals surface area contributed by atoms with Crippen molar-refractivity contribution in [3.05, 3.63) is 35.9 Å². The molecule has 100 valence electrons. The summed E-state index contributed by atoms with van der Waals surface area (Å²) >= 11 is 1.81. The molecule has 0 unspecified atom stereocenters. The van der Waals surface area contributed by atoms with Crippen LogP contribution in [0.15, 0.2) is 35.2 Å². The van der Waals surface area contributed by atoms with Crippen LogP contribution in [0.3, 0.4) is 0 Å². The van der Waals surface area contributed by atoms with E-state index in [0.717, 1.165) is 5.75 Å². The SMILES string of the molecule is C#CCN(C/C=C/c1ccccc1SCC)C(C)=O. The van der Waals surface area contributed by atoms with Gasteiger partial charge in [-0.05, 0) is 17.4 Å². The highest BCUT2D eigenvalue weighted by atomic mass is 32.2. The molecule has 0 radical (unpaired) electrons. The Hall–Kier alpha value is -1.66. The van der Waals surface area contributed by atoms with Gasteiger partial charge in [0.1, 0.15) is 0 Å². The zero-order valence-corrected chi connectivity index (χ0v) is 12.2. The predicted molar refractivity (Wildman–Crippen MR) is 83.0 cm³/mol. The molecule has 2 nitrogen and oxygen atoms in total. The summed E-state index contributed by atoms with van der Waals surface area (Å²) in [5.74, 6) is 3.54. The van der Waals surface area contributed by atoms with Gasteiger partial charge >= 0.3 is 0 Å². The largest absolute Gasteiger partial charge is 0.328 e. The zero-order valence-electron chi connectivity index (χ0n) is 11.4. The Bertz CT molecular complexity index is 488. The first-order valence-corrected chi connectivity index (χ1v) is 7.25. The molecule has 0 fully saturated rings. The van der Waals surface area contributed by atoms with Crippen LogP contribution in [0.25, 0.3) is 6.08 Å². The van der Waals surface area contributed by atoms with Gasteiger partial charge in [-0.2, -0.15) is 0 Å². The maximum absolute atomic E-state index is 11.3. The number of hydrogen-bond donors (Lipinski definition) is 0. The van der Waals surface area contributed by atoms with Crippen LogP contribution in [0.4, 0.5) is 0 Å². The average Bonchev–Trinajstić information content (AvgIpc) is 2.40. The normalized spacial score (nSPS) is 10.4. The number of thioether (sulfide) groups is 1. The summed E-state index contributed by atoms with van der Waals surface area (Å²) in [6.07, 6.45) is 9.27. The Kier molecular flexibility index (Phi) is 6.84. The van der Waals surface area contributed by atoms with Crippen molar-refractivity contribution in [3.63, 3.8) is 0 Å². The third kappa shape index (κ3) is 5.23. The smallest absolute Gasteiger partial charge is 0.220 e. The molecule has 0 saturated carbocycles. The molecule has 0 aliphatic heterocycles. The van der Waals surface area contributed by atoms with E-state index in [-0.39, 0.29) is 5.91 Å². The molecular weight excluding hydrogens is 254 g/mol. The van der Waals surface area contributed by atoms with Gasteiger partial charge in [0, 0.05) is 18.4 Å². The van der Waals surface area contributed by atoms with E-state index in [0.29, 0.717) is 13.1 Å². The molecule has 19 heavy (non-hydrogen) atoms. The fourth-order valence-corrected chi connectivity index (χ4v) is 2.42. The van der Waals surface area contributed by atoms with Crippen molar-refractivity contribution in [1.82, 2.24) is 4.90 Å². The molecule has 0 heterocycles. The number of nitrogens with zero attached hydrogens (tertiary/aromatic N) is 1. The van der Waals surface area contributed by atoms with Crippen LogP contribution in [0.5, 0.6) is 0 Å². The monoisotopic (exact) mass is 273 g/mol. The second-order valence-corrected chi connectivity index (χ2v) is 5.28. The zero-order chi connectivity index (χ0) is 14.1. The summed E-state index contributed by atoms with van der Waals surface area (Å²) in [5, 5.41) is 0. The molecule has 0 aromatic heterocycles. The van der Waals surface area contributed by atoms with E-state index >= 15 is 0 Å². The minimum atomic E-state index is -0.00109. The maximum atomic E-state index is 11.3. The summed E-state index contributed by atoms with van der Waals surface area (Å²) in [6.45, 7) is 4.57. The third-order valence-corrected chi connectivity index (χ3v) is 3.54. The Morgan fingerprint density at radius 2 is 2.21 bits per heavy atom. The number of amides is 1. The van der Waals surface area contributed by atoms with Crippen LogP contribution in [0.2, 0.25) is 0 Å². The van der Waals surface area contributed by atoms with Gasteiger partial charge in [0.2, 0.25) is 5.91 Å². The van der Waals surface area contributed by atoms with Gasteiger partial charge in [-0.25, -0.2) is 0 Å². The lowest BCUT2D eigenvalue weighted by Crippen LogP contribution is -2.29. The van der Waals surface area contributed by atoms with E-state index in [1.54, 1.807) is 4.90 Å². The van der Waals surface area contributed by atoms with Crippen molar-refractivity contribution in [2.24, 2.45) is 0 Å². The molecular formula is C16H19NOS. The number of terminal acetylenes is 1. The van der Waals surface area contributed by atoms with E-state index in [1.807, 2.05) is 36.0 Å². The Morgan fingerprint density at radius 1 is 1.47 bits per heavy atom. The fourth-order valence-electron chi connectivity index (χ4n) is 1.63. The van der Waals surface area contributed by atoms with Crippen LogP contribution in [-0.2, 0) is 4.79 Å². The molecule has 1 amide bonds. The van der Waals surface area contributed by atoms with Gasteiger partial charge in [0.25, 0.3) is 0 Å². The molecule has 1 aromatic rings. The van der Waals surface area contributed by atoms with Gasteiger partial charge in [-0.15, -0.1) is 18.2 Å². The number of hydrogen-bond acceptors (Lipinski definition) is 2. The lowest BCUT2D eigenvalue weighted by Gasteiger charge is -2.15. The van der Waals surface area contributed by atoms with Crippen molar-refractivity contribution in [2.45, 2.75) is 18.7 Å². The van der Waals surface area contributed by atoms with Crippen LogP contribution < -0.4 is 0 Å². The second-order valence-electron chi connectivity index (χ2n) is 3.98. The van der Waals surface area contributed by atoms with Crippen LogP contribution in [0.1, 0.15) is 19.4 Å². The standard InChI is InChI=1S/C16H19NOS/c1-4-12-17(14(3)18)13-8-10-15-9-6-7-11-16(15)19-5-2/h1,6-11H,5,12-13H2,2-3H3/b10-8+. The summed E-state index contributed by atoms with van der Waals surface area (Å²) in [6, 6.07) is 8.24. The molecule has 1 rings (SSSR count). The fraction of sp³-hybridized carbons (Fsp3) is 0.312. The number of carbonyl (C=O) groups excluding carboxylic acids is 1. The first kappa shape index (κ1) is 15.4. The topological polar surface area (TPSA) is 20.3 Å². The summed E-state index contributed by atoms with van der Waals surface area (Å²) in [4.78, 5) is 14.2. The highest BCUT2D eigenvalue weighted by molar-refractivity contribution is 7.99. The second kappa shape index (κ2) is 8.44. The van der Waals surface area contributed by atoms with E-state index < -0.39 is 0 Å². The Morgan fingerprint density at radius 3 is 2.84 bits per heavy atom. The van der Waals surface area contributed by atoms with Crippen LogP contribution in [-0.4, -0.2) is 29.6 Å². The van der Waals surface area contributed by atoms with Crippen molar-refractivity contribution in [3.8, 4) is 12.3 Å². The molecule has 0 aliphatic carbocycles. The van der Waals surface area contributed by atoms with E-state index in [2.05, 4.69) is 25.0 Å². The minimum absolute atomic E-state index is 0.00109. The first-order chi connectivity index (χ1) is 9.19. The van der Waals surface area contributed by atoms with Gasteiger partial charge in [-0.1, -0.05) is 43.2 Å². The number of carbonyl (C=O) groups is 1. The lowest BCUT2D eigenvalue weighted by molar-refractivity contribution is -0.127. The lowest BCUT2D eigenvalue weighted by atomic mass is 10.2. The quantitative estimate of drug-likeness (QED) is 0.585. The Labute approximate surface area is 119 Å². The minimum Gasteiger partial charge on any atom is -0.328 e. The number of benzene rings is 1. The Balaban J connectivity index is 2.71. The van der Waals surface area contributed by atoms with Gasteiger partial charge in [-0.3, -0.25) is 4.79 Å². The predicted octanol–water partition coefficient (Wildman–Crippen LogP) is 3.29. The first-order valence-electron chi connectivity index (χ1n) is 6.26. The summed E-state index contributed by atoms with van der Waals surface area (Å²) < 4.78 is 0. The molecule has 0 bridgehead atoms. The van der Waals surface area contributed by atoms with Crippen molar-refractivity contribution < 1.29 is 4.79 Å². The molecule has 0 atom stereocenters. The molecule has 0 saturated heterocycles.